The van der Waals surface area contributed by atoms with E-state index in [0.717, 1.165) is 0 Å². The quantitative estimate of drug-likeness (QED) is 0.597. The van der Waals surface area contributed by atoms with Gasteiger partial charge in [0.15, 0.2) is 0 Å². The molecule has 0 bridgehead atoms. The van der Waals surface area contributed by atoms with Crippen molar-refractivity contribution < 1.29 is 0 Å². The summed E-state index contributed by atoms with van der Waals surface area (Å²) in [6.07, 6.45) is 1.32. The standard InChI is InChI=1S/C4H4ClN3.C3H9N/c5-3-1-4(6)8-2-7-3;1-3(2)4/h1-2H,(H2,6,7,8);3H,4H2,1-2H3. The van der Waals surface area contributed by atoms with Crippen LogP contribution in [0.4, 0.5) is 5.82 Å². The number of nitrogens with zero attached hydrogens (tertiary/aromatic N) is 2. The van der Waals surface area contributed by atoms with Crippen molar-refractivity contribution in [2.75, 3.05) is 5.73 Å². The van der Waals surface area contributed by atoms with Gasteiger partial charge in [0.25, 0.3) is 0 Å². The highest BCUT2D eigenvalue weighted by Crippen LogP contribution is 2.03. The van der Waals surface area contributed by atoms with Gasteiger partial charge in [-0.1, -0.05) is 25.4 Å². The predicted octanol–water partition coefficient (Wildman–Crippen LogP) is 1.07. The summed E-state index contributed by atoms with van der Waals surface area (Å²) in [5.74, 6) is 0.394. The molecule has 4 nitrogen and oxygen atoms in total. The molecular formula is C7H13ClN4. The minimum atomic E-state index is 0.333. The van der Waals surface area contributed by atoms with Crippen LogP contribution in [-0.2, 0) is 0 Å². The maximum atomic E-state index is 5.41. The van der Waals surface area contributed by atoms with Gasteiger partial charge in [-0.25, -0.2) is 9.97 Å². The second-order valence-corrected chi connectivity index (χ2v) is 2.90. The molecule has 68 valence electrons. The third-order valence-corrected chi connectivity index (χ3v) is 0.862. The molecule has 4 N–H and O–H groups in total. The van der Waals surface area contributed by atoms with Gasteiger partial charge in [0, 0.05) is 6.07 Å². The highest BCUT2D eigenvalue weighted by atomic mass is 35.5. The van der Waals surface area contributed by atoms with Crippen molar-refractivity contribution in [2.45, 2.75) is 19.9 Å². The van der Waals surface area contributed by atoms with Crippen LogP contribution in [0.25, 0.3) is 0 Å². The Morgan fingerprint density at radius 2 is 1.92 bits per heavy atom. The summed E-state index contributed by atoms with van der Waals surface area (Å²) in [6.45, 7) is 3.89. The van der Waals surface area contributed by atoms with E-state index in [1.54, 1.807) is 0 Å². The van der Waals surface area contributed by atoms with E-state index in [1.807, 2.05) is 13.8 Å². The number of aromatic nitrogens is 2. The topological polar surface area (TPSA) is 77.8 Å². The number of halogens is 1. The Hall–Kier alpha value is -0.870. The molecule has 0 fully saturated rings. The Morgan fingerprint density at radius 1 is 1.42 bits per heavy atom. The Kier molecular flexibility index (Phi) is 5.32. The Labute approximate surface area is 77.0 Å². The molecule has 0 saturated carbocycles. The lowest BCUT2D eigenvalue weighted by Gasteiger charge is -1.87. The SMILES string of the molecule is CC(C)N.Nc1cc(Cl)ncn1. The zero-order valence-corrected chi connectivity index (χ0v) is 7.92. The van der Waals surface area contributed by atoms with Crippen molar-refractivity contribution >= 4 is 17.4 Å². The van der Waals surface area contributed by atoms with E-state index in [4.69, 9.17) is 23.1 Å². The van der Waals surface area contributed by atoms with Crippen LogP contribution in [0.2, 0.25) is 5.15 Å². The summed E-state index contributed by atoms with van der Waals surface area (Å²) < 4.78 is 0. The molecule has 1 heterocycles. The van der Waals surface area contributed by atoms with E-state index in [1.165, 1.54) is 12.4 Å². The average molecular weight is 189 g/mol. The van der Waals surface area contributed by atoms with Crippen LogP contribution >= 0.6 is 11.6 Å². The molecular weight excluding hydrogens is 176 g/mol. The van der Waals surface area contributed by atoms with Crippen molar-refractivity contribution in [1.29, 1.82) is 0 Å². The molecule has 12 heavy (non-hydrogen) atoms. The number of rotatable bonds is 0. The molecule has 0 amide bonds. The van der Waals surface area contributed by atoms with Gasteiger partial charge in [-0.2, -0.15) is 0 Å². The fourth-order valence-electron chi connectivity index (χ4n) is 0.347. The third-order valence-electron chi connectivity index (χ3n) is 0.655. The van der Waals surface area contributed by atoms with E-state index < -0.39 is 0 Å². The average Bonchev–Trinajstić information content (AvgIpc) is 1.84. The van der Waals surface area contributed by atoms with Crippen LogP contribution in [0.5, 0.6) is 0 Å². The van der Waals surface area contributed by atoms with Crippen LogP contribution in [0.3, 0.4) is 0 Å². The lowest BCUT2D eigenvalue weighted by atomic mass is 10.5. The smallest absolute Gasteiger partial charge is 0.134 e. The van der Waals surface area contributed by atoms with Gasteiger partial charge >= 0.3 is 0 Å². The highest BCUT2D eigenvalue weighted by Gasteiger charge is 1.86. The van der Waals surface area contributed by atoms with Crippen LogP contribution in [0, 0.1) is 0 Å². The van der Waals surface area contributed by atoms with Crippen LogP contribution < -0.4 is 11.5 Å². The molecule has 0 unspecified atom stereocenters. The first kappa shape index (κ1) is 11.1. The summed E-state index contributed by atoms with van der Waals surface area (Å²) in [6, 6.07) is 1.82. The Morgan fingerprint density at radius 3 is 2.17 bits per heavy atom. The lowest BCUT2D eigenvalue weighted by molar-refractivity contribution is 0.834. The molecule has 1 aromatic rings. The Bertz CT molecular complexity index is 206. The van der Waals surface area contributed by atoms with E-state index in [0.29, 0.717) is 17.0 Å². The first-order chi connectivity index (χ1) is 5.52. The van der Waals surface area contributed by atoms with E-state index in [-0.39, 0.29) is 0 Å². The molecule has 1 aromatic heterocycles. The predicted molar refractivity (Wildman–Crippen MR) is 50.8 cm³/mol. The third kappa shape index (κ3) is 7.24. The fraction of sp³-hybridized carbons (Fsp3) is 0.429. The van der Waals surface area contributed by atoms with Gasteiger partial charge in [0.05, 0.1) is 0 Å². The number of hydrogen-bond donors (Lipinski definition) is 2. The van der Waals surface area contributed by atoms with Gasteiger partial charge in [-0.15, -0.1) is 0 Å². The molecule has 0 spiro atoms. The zero-order valence-electron chi connectivity index (χ0n) is 7.16. The highest BCUT2D eigenvalue weighted by molar-refractivity contribution is 6.29. The maximum Gasteiger partial charge on any atom is 0.134 e. The van der Waals surface area contributed by atoms with Crippen LogP contribution in [0.15, 0.2) is 12.4 Å². The number of nitrogens with two attached hydrogens (primary N) is 2. The molecule has 0 aliphatic rings. The van der Waals surface area contributed by atoms with Gasteiger partial charge in [0.2, 0.25) is 0 Å². The monoisotopic (exact) mass is 188 g/mol. The molecule has 0 radical (unpaired) electrons. The summed E-state index contributed by atoms with van der Waals surface area (Å²) in [4.78, 5) is 7.24. The van der Waals surface area contributed by atoms with E-state index in [9.17, 15) is 0 Å². The second kappa shape index (κ2) is 5.74. The van der Waals surface area contributed by atoms with E-state index >= 15 is 0 Å². The molecule has 0 aliphatic carbocycles. The number of hydrogen-bond acceptors (Lipinski definition) is 4. The summed E-state index contributed by atoms with van der Waals surface area (Å²) in [5, 5.41) is 0.373. The first-order valence-electron chi connectivity index (χ1n) is 3.51. The van der Waals surface area contributed by atoms with Crippen LogP contribution in [0.1, 0.15) is 13.8 Å². The van der Waals surface area contributed by atoms with Crippen molar-refractivity contribution in [3.05, 3.63) is 17.5 Å². The largest absolute Gasteiger partial charge is 0.384 e. The van der Waals surface area contributed by atoms with Gasteiger partial charge in [-0.3, -0.25) is 0 Å². The fourth-order valence-corrected chi connectivity index (χ4v) is 0.503. The molecule has 1 rings (SSSR count). The summed E-state index contributed by atoms with van der Waals surface area (Å²) in [7, 11) is 0. The van der Waals surface area contributed by atoms with Crippen molar-refractivity contribution in [2.24, 2.45) is 5.73 Å². The first-order valence-corrected chi connectivity index (χ1v) is 3.88. The van der Waals surface area contributed by atoms with Gasteiger partial charge in [-0.05, 0) is 6.04 Å². The van der Waals surface area contributed by atoms with Crippen molar-refractivity contribution in [3.63, 3.8) is 0 Å². The molecule has 0 saturated heterocycles. The normalized spacial score (nSPS) is 9.08. The maximum absolute atomic E-state index is 5.41. The number of nitrogen functional groups attached to an aromatic ring is 1. The minimum Gasteiger partial charge on any atom is -0.384 e. The second-order valence-electron chi connectivity index (χ2n) is 2.51. The van der Waals surface area contributed by atoms with E-state index in [2.05, 4.69) is 9.97 Å². The van der Waals surface area contributed by atoms with Crippen molar-refractivity contribution in [1.82, 2.24) is 9.97 Å². The van der Waals surface area contributed by atoms with Crippen LogP contribution in [-0.4, -0.2) is 16.0 Å². The summed E-state index contributed by atoms with van der Waals surface area (Å²) in [5.41, 5.74) is 10.3. The minimum absolute atomic E-state index is 0.333. The molecule has 0 aliphatic heterocycles. The lowest BCUT2D eigenvalue weighted by Crippen LogP contribution is -2.06. The van der Waals surface area contributed by atoms with Gasteiger partial charge in [0.1, 0.15) is 17.3 Å². The summed E-state index contributed by atoms with van der Waals surface area (Å²) >= 11 is 5.41. The molecule has 0 atom stereocenters. The molecule has 5 heteroatoms. The number of anilines is 1. The Balaban J connectivity index is 0.000000261. The zero-order chi connectivity index (χ0) is 9.56. The van der Waals surface area contributed by atoms with Crippen molar-refractivity contribution in [3.8, 4) is 0 Å². The van der Waals surface area contributed by atoms with Gasteiger partial charge < -0.3 is 11.5 Å². The molecule has 0 aromatic carbocycles.